The first-order valence-corrected chi connectivity index (χ1v) is 8.65. The van der Waals surface area contributed by atoms with Gasteiger partial charge in [0.05, 0.1) is 0 Å². The molecule has 21 heavy (non-hydrogen) atoms. The molecule has 2 aromatic rings. The fourth-order valence-electron chi connectivity index (χ4n) is 3.51. The Morgan fingerprint density at radius 2 is 2.19 bits per heavy atom. The first kappa shape index (κ1) is 14.8. The van der Waals surface area contributed by atoms with Gasteiger partial charge >= 0.3 is 0 Å². The quantitative estimate of drug-likeness (QED) is 0.664. The minimum Gasteiger partial charge on any atom is -0.271 e. The van der Waals surface area contributed by atoms with Crippen molar-refractivity contribution in [3.8, 4) is 0 Å². The SMILES string of the molecule is Cc1ccc(C)c(CC(NN)C2CCCc3sccc32)c1. The predicted octanol–water partition coefficient (Wildman–Crippen LogP) is 3.86. The molecule has 112 valence electrons. The lowest BCUT2D eigenvalue weighted by molar-refractivity contribution is 0.397. The zero-order chi connectivity index (χ0) is 14.8. The fourth-order valence-corrected chi connectivity index (χ4v) is 4.51. The number of aryl methyl sites for hydroxylation is 3. The number of nitrogens with one attached hydrogen (secondary N) is 1. The maximum absolute atomic E-state index is 5.92. The summed E-state index contributed by atoms with van der Waals surface area (Å²) in [6.45, 7) is 4.35. The molecule has 0 radical (unpaired) electrons. The summed E-state index contributed by atoms with van der Waals surface area (Å²) in [5.74, 6) is 6.47. The zero-order valence-electron chi connectivity index (χ0n) is 12.9. The normalized spacial score (nSPS) is 19.3. The molecule has 0 aliphatic heterocycles. The van der Waals surface area contributed by atoms with Gasteiger partial charge in [0.25, 0.3) is 0 Å². The van der Waals surface area contributed by atoms with E-state index in [1.165, 1.54) is 41.5 Å². The minimum absolute atomic E-state index is 0.319. The summed E-state index contributed by atoms with van der Waals surface area (Å²) < 4.78 is 0. The highest BCUT2D eigenvalue weighted by Gasteiger charge is 2.28. The third kappa shape index (κ3) is 3.05. The highest BCUT2D eigenvalue weighted by molar-refractivity contribution is 7.10. The molecule has 0 saturated carbocycles. The van der Waals surface area contributed by atoms with E-state index in [1.54, 1.807) is 4.88 Å². The summed E-state index contributed by atoms with van der Waals surface area (Å²) in [5, 5.41) is 2.23. The number of hydrogen-bond donors (Lipinski definition) is 2. The summed E-state index contributed by atoms with van der Waals surface area (Å²) in [6, 6.07) is 9.32. The molecule has 1 aromatic carbocycles. The van der Waals surface area contributed by atoms with E-state index in [9.17, 15) is 0 Å². The van der Waals surface area contributed by atoms with E-state index >= 15 is 0 Å². The molecule has 2 nitrogen and oxygen atoms in total. The molecule has 0 fully saturated rings. The zero-order valence-corrected chi connectivity index (χ0v) is 13.7. The summed E-state index contributed by atoms with van der Waals surface area (Å²) in [4.78, 5) is 1.56. The van der Waals surface area contributed by atoms with Crippen LogP contribution in [0.5, 0.6) is 0 Å². The smallest absolute Gasteiger partial charge is 0.0320 e. The van der Waals surface area contributed by atoms with Crippen molar-refractivity contribution in [3.63, 3.8) is 0 Å². The van der Waals surface area contributed by atoms with Gasteiger partial charge in [-0.2, -0.15) is 0 Å². The lowest BCUT2D eigenvalue weighted by Gasteiger charge is -2.30. The Balaban J connectivity index is 1.85. The van der Waals surface area contributed by atoms with E-state index in [2.05, 4.69) is 48.9 Å². The maximum atomic E-state index is 5.92. The maximum Gasteiger partial charge on any atom is 0.0320 e. The fraction of sp³-hybridized carbons (Fsp3) is 0.444. The topological polar surface area (TPSA) is 38.0 Å². The Morgan fingerprint density at radius 1 is 1.33 bits per heavy atom. The Kier molecular flexibility index (Phi) is 4.43. The van der Waals surface area contributed by atoms with Gasteiger partial charge in [-0.15, -0.1) is 11.3 Å². The Hall–Kier alpha value is -1.16. The van der Waals surface area contributed by atoms with Crippen LogP contribution in [0.15, 0.2) is 29.6 Å². The third-order valence-electron chi connectivity index (χ3n) is 4.74. The molecule has 0 amide bonds. The molecule has 2 atom stereocenters. The predicted molar refractivity (Wildman–Crippen MR) is 90.7 cm³/mol. The number of benzene rings is 1. The van der Waals surface area contributed by atoms with Crippen molar-refractivity contribution in [2.24, 2.45) is 5.84 Å². The monoisotopic (exact) mass is 300 g/mol. The van der Waals surface area contributed by atoms with Crippen LogP contribution >= 0.6 is 11.3 Å². The summed E-state index contributed by atoms with van der Waals surface area (Å²) >= 11 is 1.90. The van der Waals surface area contributed by atoms with Gasteiger partial charge in [-0.1, -0.05) is 23.8 Å². The number of hydrogen-bond acceptors (Lipinski definition) is 3. The van der Waals surface area contributed by atoms with Crippen LogP contribution in [-0.4, -0.2) is 6.04 Å². The summed E-state index contributed by atoms with van der Waals surface area (Å²) in [7, 11) is 0. The number of hydrazine groups is 1. The first-order chi connectivity index (χ1) is 10.2. The van der Waals surface area contributed by atoms with Crippen LogP contribution in [0.25, 0.3) is 0 Å². The Morgan fingerprint density at radius 3 is 3.00 bits per heavy atom. The summed E-state index contributed by atoms with van der Waals surface area (Å²) in [5.41, 5.74) is 8.73. The van der Waals surface area contributed by atoms with Gasteiger partial charge < -0.3 is 0 Å². The van der Waals surface area contributed by atoms with E-state index in [-0.39, 0.29) is 0 Å². The summed E-state index contributed by atoms with van der Waals surface area (Å²) in [6.07, 6.45) is 4.76. The average molecular weight is 300 g/mol. The molecule has 3 N–H and O–H groups in total. The Labute approximate surface area is 131 Å². The lowest BCUT2D eigenvalue weighted by atomic mass is 9.80. The third-order valence-corrected chi connectivity index (χ3v) is 5.74. The van der Waals surface area contributed by atoms with Crippen LogP contribution in [0.2, 0.25) is 0 Å². The number of fused-ring (bicyclic) bond motifs is 1. The molecule has 1 heterocycles. The highest BCUT2D eigenvalue weighted by Crippen LogP contribution is 2.37. The molecule has 2 unspecified atom stereocenters. The van der Waals surface area contributed by atoms with Crippen molar-refractivity contribution in [3.05, 3.63) is 56.8 Å². The molecule has 3 rings (SSSR count). The first-order valence-electron chi connectivity index (χ1n) is 7.77. The van der Waals surface area contributed by atoms with E-state index in [1.807, 2.05) is 11.3 Å². The van der Waals surface area contributed by atoms with E-state index in [4.69, 9.17) is 5.84 Å². The van der Waals surface area contributed by atoms with Crippen molar-refractivity contribution in [2.75, 3.05) is 0 Å². The molecular formula is C18H24N2S. The van der Waals surface area contributed by atoms with Crippen LogP contribution in [0.4, 0.5) is 0 Å². The molecule has 0 bridgehead atoms. The van der Waals surface area contributed by atoms with Crippen molar-refractivity contribution in [1.82, 2.24) is 5.43 Å². The van der Waals surface area contributed by atoms with Gasteiger partial charge in [0.15, 0.2) is 0 Å². The minimum atomic E-state index is 0.319. The van der Waals surface area contributed by atoms with Gasteiger partial charge in [0.1, 0.15) is 0 Å². The van der Waals surface area contributed by atoms with Gasteiger partial charge in [-0.3, -0.25) is 11.3 Å². The number of thiophene rings is 1. The Bertz CT molecular complexity index is 617. The van der Waals surface area contributed by atoms with Gasteiger partial charge in [-0.05, 0) is 67.7 Å². The molecule has 1 aromatic heterocycles. The largest absolute Gasteiger partial charge is 0.271 e. The van der Waals surface area contributed by atoms with Crippen LogP contribution < -0.4 is 11.3 Å². The van der Waals surface area contributed by atoms with Crippen LogP contribution in [0, 0.1) is 13.8 Å². The van der Waals surface area contributed by atoms with Crippen molar-refractivity contribution < 1.29 is 0 Å². The molecule has 1 aliphatic carbocycles. The van der Waals surface area contributed by atoms with E-state index < -0.39 is 0 Å². The highest BCUT2D eigenvalue weighted by atomic mass is 32.1. The average Bonchev–Trinajstić information content (AvgIpc) is 2.96. The molecule has 1 aliphatic rings. The molecule has 0 spiro atoms. The van der Waals surface area contributed by atoms with E-state index in [0.717, 1.165) is 6.42 Å². The van der Waals surface area contributed by atoms with Gasteiger partial charge in [0, 0.05) is 16.8 Å². The molecular weight excluding hydrogens is 276 g/mol. The van der Waals surface area contributed by atoms with Crippen LogP contribution in [0.1, 0.15) is 45.9 Å². The van der Waals surface area contributed by atoms with Crippen molar-refractivity contribution in [2.45, 2.75) is 51.5 Å². The molecule has 3 heteroatoms. The standard InChI is InChI=1S/C18H24N2S/c1-12-6-7-13(2)14(10-12)11-17(20-19)15-4-3-5-18-16(15)8-9-21-18/h6-10,15,17,20H,3-5,11,19H2,1-2H3. The van der Waals surface area contributed by atoms with Crippen LogP contribution in [-0.2, 0) is 12.8 Å². The molecule has 0 saturated heterocycles. The second kappa shape index (κ2) is 6.30. The van der Waals surface area contributed by atoms with E-state index in [0.29, 0.717) is 12.0 Å². The second-order valence-corrected chi connectivity index (χ2v) is 7.21. The number of nitrogens with two attached hydrogens (primary N) is 1. The van der Waals surface area contributed by atoms with Crippen molar-refractivity contribution >= 4 is 11.3 Å². The number of rotatable bonds is 4. The lowest BCUT2D eigenvalue weighted by Crippen LogP contribution is -2.42. The van der Waals surface area contributed by atoms with Crippen LogP contribution in [0.3, 0.4) is 0 Å². The van der Waals surface area contributed by atoms with Gasteiger partial charge in [0.2, 0.25) is 0 Å². The second-order valence-electron chi connectivity index (χ2n) is 6.21. The van der Waals surface area contributed by atoms with Crippen molar-refractivity contribution in [1.29, 1.82) is 0 Å². The van der Waals surface area contributed by atoms with Gasteiger partial charge in [-0.25, -0.2) is 0 Å².